The number of anilines is 1. The van der Waals surface area contributed by atoms with Crippen molar-refractivity contribution in [2.24, 2.45) is 0 Å². The molecule has 3 heterocycles. The van der Waals surface area contributed by atoms with Crippen molar-refractivity contribution in [2.75, 3.05) is 32.1 Å². The van der Waals surface area contributed by atoms with Crippen molar-refractivity contribution in [3.8, 4) is 0 Å². The number of morpholine rings is 1. The number of nitrogens with zero attached hydrogens (tertiary/aromatic N) is 3. The summed E-state index contributed by atoms with van der Waals surface area (Å²) < 4.78 is 5.80. The fourth-order valence-corrected chi connectivity index (χ4v) is 3.19. The monoisotopic (exact) mass is 332 g/mol. The molecule has 1 aliphatic heterocycles. The summed E-state index contributed by atoms with van der Waals surface area (Å²) in [5.41, 5.74) is 1.69. The van der Waals surface area contributed by atoms with Crippen LogP contribution in [0.3, 0.4) is 0 Å². The van der Waals surface area contributed by atoms with Crippen LogP contribution < -0.4 is 5.32 Å². The van der Waals surface area contributed by atoms with E-state index in [9.17, 15) is 4.79 Å². The van der Waals surface area contributed by atoms with Gasteiger partial charge in [0.05, 0.1) is 36.0 Å². The van der Waals surface area contributed by atoms with Crippen LogP contribution in [0.25, 0.3) is 0 Å². The third-order valence-electron chi connectivity index (χ3n) is 3.77. The van der Waals surface area contributed by atoms with Crippen LogP contribution in [0.1, 0.15) is 22.5 Å². The Morgan fingerprint density at radius 2 is 2.35 bits per heavy atom. The van der Waals surface area contributed by atoms with E-state index in [4.69, 9.17) is 4.74 Å². The molecule has 2 aromatic heterocycles. The Morgan fingerprint density at radius 1 is 1.48 bits per heavy atom. The normalized spacial score (nSPS) is 18.0. The maximum absolute atomic E-state index is 12.5. The predicted molar refractivity (Wildman–Crippen MR) is 89.6 cm³/mol. The molecule has 1 atom stereocenters. The summed E-state index contributed by atoms with van der Waals surface area (Å²) in [7, 11) is 1.83. The Labute approximate surface area is 139 Å². The maximum Gasteiger partial charge on any atom is 0.228 e. The second-order valence-corrected chi connectivity index (χ2v) is 6.49. The van der Waals surface area contributed by atoms with Crippen LogP contribution in [0.5, 0.6) is 0 Å². The van der Waals surface area contributed by atoms with Gasteiger partial charge in [0.1, 0.15) is 11.9 Å². The van der Waals surface area contributed by atoms with Crippen LogP contribution >= 0.6 is 11.3 Å². The number of amides is 1. The molecule has 0 aromatic carbocycles. The molecule has 1 aliphatic rings. The highest BCUT2D eigenvalue weighted by Crippen LogP contribution is 2.22. The van der Waals surface area contributed by atoms with Gasteiger partial charge < -0.3 is 15.0 Å². The quantitative estimate of drug-likeness (QED) is 0.928. The zero-order valence-electron chi connectivity index (χ0n) is 13.3. The molecule has 6 nitrogen and oxygen atoms in total. The smallest absolute Gasteiger partial charge is 0.228 e. The van der Waals surface area contributed by atoms with E-state index < -0.39 is 0 Å². The number of rotatable bonds is 4. The number of aromatic nitrogens is 2. The van der Waals surface area contributed by atoms with Gasteiger partial charge in [0, 0.05) is 19.0 Å². The highest BCUT2D eigenvalue weighted by atomic mass is 32.1. The molecule has 3 rings (SSSR count). The maximum atomic E-state index is 12.5. The fraction of sp³-hybridized carbons (Fsp3) is 0.438. The van der Waals surface area contributed by atoms with Crippen molar-refractivity contribution in [3.05, 3.63) is 40.0 Å². The van der Waals surface area contributed by atoms with Crippen LogP contribution in [0.4, 0.5) is 5.82 Å². The van der Waals surface area contributed by atoms with Crippen LogP contribution in [0.15, 0.2) is 23.6 Å². The summed E-state index contributed by atoms with van der Waals surface area (Å²) in [6.45, 7) is 3.62. The Morgan fingerprint density at radius 3 is 3.09 bits per heavy atom. The van der Waals surface area contributed by atoms with Crippen LogP contribution in [0.2, 0.25) is 0 Å². The molecule has 0 saturated carbocycles. The number of hydrogen-bond acceptors (Lipinski definition) is 6. The predicted octanol–water partition coefficient (Wildman–Crippen LogP) is 2.03. The Hall–Kier alpha value is -1.99. The zero-order valence-corrected chi connectivity index (χ0v) is 14.1. The molecule has 122 valence electrons. The van der Waals surface area contributed by atoms with E-state index in [1.807, 2.05) is 42.5 Å². The van der Waals surface area contributed by atoms with E-state index >= 15 is 0 Å². The number of thiazole rings is 1. The molecular formula is C16H20N4O2S. The lowest BCUT2D eigenvalue weighted by molar-refractivity contribution is -0.138. The molecule has 2 aromatic rings. The molecule has 1 amide bonds. The standard InChI is InChI=1S/C16H20N4O2S/c1-11-18-12(10-23-11)8-16(21)20-6-7-22-14(9-20)13-4-3-5-15(17-2)19-13/h3-5,10,14H,6-9H2,1-2H3,(H,17,19). The van der Waals surface area contributed by atoms with Crippen LogP contribution in [-0.4, -0.2) is 47.5 Å². The van der Waals surface area contributed by atoms with E-state index in [0.29, 0.717) is 26.1 Å². The van der Waals surface area contributed by atoms with Crippen LogP contribution in [-0.2, 0) is 16.0 Å². The summed E-state index contributed by atoms with van der Waals surface area (Å²) >= 11 is 1.57. The Balaban J connectivity index is 1.66. The van der Waals surface area contributed by atoms with Crippen molar-refractivity contribution >= 4 is 23.1 Å². The van der Waals surface area contributed by atoms with E-state index in [0.717, 1.165) is 22.2 Å². The summed E-state index contributed by atoms with van der Waals surface area (Å²) in [5.74, 6) is 0.890. The summed E-state index contributed by atoms with van der Waals surface area (Å²) in [5, 5.41) is 5.96. The minimum absolute atomic E-state index is 0.0911. The van der Waals surface area contributed by atoms with Gasteiger partial charge in [-0.25, -0.2) is 9.97 Å². The third-order valence-corrected chi connectivity index (χ3v) is 4.60. The fourth-order valence-electron chi connectivity index (χ4n) is 2.58. The summed E-state index contributed by atoms with van der Waals surface area (Å²) in [4.78, 5) is 23.2. The van der Waals surface area contributed by atoms with Crippen molar-refractivity contribution in [1.82, 2.24) is 14.9 Å². The third kappa shape index (κ3) is 3.86. The second kappa shape index (κ2) is 7.06. The van der Waals surface area contributed by atoms with Gasteiger partial charge in [-0.15, -0.1) is 11.3 Å². The molecule has 1 N–H and O–H groups in total. The van der Waals surface area contributed by atoms with Crippen molar-refractivity contribution in [2.45, 2.75) is 19.4 Å². The molecule has 0 bridgehead atoms. The molecule has 1 unspecified atom stereocenters. The number of nitrogens with one attached hydrogen (secondary N) is 1. The van der Waals surface area contributed by atoms with E-state index in [-0.39, 0.29) is 12.0 Å². The minimum Gasteiger partial charge on any atom is -0.373 e. The first-order valence-electron chi connectivity index (χ1n) is 7.61. The van der Waals surface area contributed by atoms with E-state index in [1.165, 1.54) is 0 Å². The van der Waals surface area contributed by atoms with Gasteiger partial charge in [0.2, 0.25) is 5.91 Å². The average molecular weight is 332 g/mol. The molecule has 7 heteroatoms. The molecule has 1 saturated heterocycles. The lowest BCUT2D eigenvalue weighted by atomic mass is 10.1. The van der Waals surface area contributed by atoms with Gasteiger partial charge in [-0.2, -0.15) is 0 Å². The highest BCUT2D eigenvalue weighted by molar-refractivity contribution is 7.09. The molecule has 0 radical (unpaired) electrons. The molecule has 0 spiro atoms. The summed E-state index contributed by atoms with van der Waals surface area (Å²) in [6, 6.07) is 5.78. The van der Waals surface area contributed by atoms with Crippen molar-refractivity contribution in [1.29, 1.82) is 0 Å². The Bertz CT molecular complexity index is 688. The van der Waals surface area contributed by atoms with Crippen LogP contribution in [0, 0.1) is 6.92 Å². The molecule has 23 heavy (non-hydrogen) atoms. The van der Waals surface area contributed by atoms with Gasteiger partial charge in [0.15, 0.2) is 0 Å². The first-order chi connectivity index (χ1) is 11.2. The number of pyridine rings is 1. The lowest BCUT2D eigenvalue weighted by Crippen LogP contribution is -2.43. The zero-order chi connectivity index (χ0) is 16.2. The van der Waals surface area contributed by atoms with Crippen molar-refractivity contribution < 1.29 is 9.53 Å². The Kier molecular flexibility index (Phi) is 4.88. The number of ether oxygens (including phenoxy) is 1. The number of hydrogen-bond donors (Lipinski definition) is 1. The van der Waals surface area contributed by atoms with Gasteiger partial charge in [-0.3, -0.25) is 4.79 Å². The largest absolute Gasteiger partial charge is 0.373 e. The minimum atomic E-state index is -0.182. The second-order valence-electron chi connectivity index (χ2n) is 5.43. The average Bonchev–Trinajstić information content (AvgIpc) is 3.00. The van der Waals surface area contributed by atoms with E-state index in [2.05, 4.69) is 15.3 Å². The first kappa shape index (κ1) is 15.9. The number of carbonyl (C=O) groups excluding carboxylic acids is 1. The molecule has 1 fully saturated rings. The molecule has 0 aliphatic carbocycles. The topological polar surface area (TPSA) is 67.4 Å². The van der Waals surface area contributed by atoms with Gasteiger partial charge in [-0.1, -0.05) is 6.07 Å². The number of aryl methyl sites for hydroxylation is 1. The SMILES string of the molecule is CNc1cccc(C2CN(C(=O)Cc3csc(C)n3)CCO2)n1. The van der Waals surface area contributed by atoms with Gasteiger partial charge in [0.25, 0.3) is 0 Å². The van der Waals surface area contributed by atoms with Gasteiger partial charge >= 0.3 is 0 Å². The first-order valence-corrected chi connectivity index (χ1v) is 8.49. The van der Waals surface area contributed by atoms with E-state index in [1.54, 1.807) is 11.3 Å². The highest BCUT2D eigenvalue weighted by Gasteiger charge is 2.26. The number of carbonyl (C=O) groups is 1. The lowest BCUT2D eigenvalue weighted by Gasteiger charge is -2.32. The summed E-state index contributed by atoms with van der Waals surface area (Å²) in [6.07, 6.45) is 0.166. The van der Waals surface area contributed by atoms with Crippen molar-refractivity contribution in [3.63, 3.8) is 0 Å². The van der Waals surface area contributed by atoms with Gasteiger partial charge in [-0.05, 0) is 19.1 Å². The molecular weight excluding hydrogens is 312 g/mol.